The van der Waals surface area contributed by atoms with Crippen LogP contribution in [0.15, 0.2) is 0 Å². The van der Waals surface area contributed by atoms with Crippen molar-refractivity contribution >= 4 is 17.4 Å². The molecule has 0 unspecified atom stereocenters. The third-order valence-electron chi connectivity index (χ3n) is 2.89. The van der Waals surface area contributed by atoms with E-state index in [1.54, 1.807) is 0 Å². The molecule has 0 spiro atoms. The van der Waals surface area contributed by atoms with Gasteiger partial charge in [-0.25, -0.2) is 9.97 Å². The van der Waals surface area contributed by atoms with Gasteiger partial charge in [-0.1, -0.05) is 31.9 Å². The number of unbranched alkanes of at least 4 members (excludes halogenated alkanes) is 1. The van der Waals surface area contributed by atoms with Crippen LogP contribution in [0.4, 0.5) is 5.82 Å². The Morgan fingerprint density at radius 3 is 2.41 bits per heavy atom. The Hall–Kier alpha value is -0.830. The topological polar surface area (TPSA) is 29.0 Å². The fourth-order valence-corrected chi connectivity index (χ4v) is 1.93. The van der Waals surface area contributed by atoms with Gasteiger partial charge >= 0.3 is 0 Å². The molecule has 0 aliphatic carbocycles. The van der Waals surface area contributed by atoms with Gasteiger partial charge in [0, 0.05) is 25.1 Å². The Bertz CT molecular complexity index is 366. The number of anilines is 1. The van der Waals surface area contributed by atoms with E-state index in [0.717, 1.165) is 36.7 Å². The van der Waals surface area contributed by atoms with Crippen LogP contribution in [0, 0.1) is 6.92 Å². The molecule has 1 aromatic heterocycles. The fraction of sp³-hybridized carbons (Fsp3) is 0.692. The van der Waals surface area contributed by atoms with E-state index in [-0.39, 0.29) is 0 Å². The minimum atomic E-state index is 0.585. The maximum Gasteiger partial charge on any atom is 0.137 e. The Morgan fingerprint density at radius 1 is 1.18 bits per heavy atom. The van der Waals surface area contributed by atoms with Gasteiger partial charge in [0.25, 0.3) is 0 Å². The standard InChI is InChI=1S/C13H22ClN3/c1-5-8-9-17(7-3)13-10(4)12(14)15-11(6-2)16-13/h5-9H2,1-4H3. The predicted molar refractivity (Wildman–Crippen MR) is 74.0 cm³/mol. The molecule has 0 saturated carbocycles. The summed E-state index contributed by atoms with van der Waals surface area (Å²) in [6.45, 7) is 10.4. The highest BCUT2D eigenvalue weighted by atomic mass is 35.5. The molecular formula is C13H22ClN3. The van der Waals surface area contributed by atoms with E-state index in [4.69, 9.17) is 11.6 Å². The van der Waals surface area contributed by atoms with Crippen LogP contribution >= 0.6 is 11.6 Å². The number of aromatic nitrogens is 2. The first-order valence-corrected chi connectivity index (χ1v) is 6.79. The van der Waals surface area contributed by atoms with Crippen molar-refractivity contribution in [3.63, 3.8) is 0 Å². The van der Waals surface area contributed by atoms with E-state index in [2.05, 4.69) is 28.7 Å². The number of nitrogens with zero attached hydrogens (tertiary/aromatic N) is 3. The third-order valence-corrected chi connectivity index (χ3v) is 3.25. The van der Waals surface area contributed by atoms with E-state index in [1.165, 1.54) is 12.8 Å². The summed E-state index contributed by atoms with van der Waals surface area (Å²) in [5, 5.41) is 0.585. The van der Waals surface area contributed by atoms with Crippen molar-refractivity contribution < 1.29 is 0 Å². The minimum absolute atomic E-state index is 0.585. The zero-order chi connectivity index (χ0) is 12.8. The normalized spacial score (nSPS) is 10.6. The summed E-state index contributed by atoms with van der Waals surface area (Å²) in [7, 11) is 0. The summed E-state index contributed by atoms with van der Waals surface area (Å²) < 4.78 is 0. The molecule has 1 heterocycles. The second-order valence-electron chi connectivity index (χ2n) is 4.17. The second-order valence-corrected chi connectivity index (χ2v) is 4.52. The summed E-state index contributed by atoms with van der Waals surface area (Å²) in [6, 6.07) is 0. The molecule has 0 amide bonds. The zero-order valence-electron chi connectivity index (χ0n) is 11.3. The molecule has 17 heavy (non-hydrogen) atoms. The van der Waals surface area contributed by atoms with Crippen molar-refractivity contribution in [1.82, 2.24) is 9.97 Å². The average molecular weight is 256 g/mol. The first kappa shape index (κ1) is 14.2. The molecule has 0 saturated heterocycles. The molecular weight excluding hydrogens is 234 g/mol. The van der Waals surface area contributed by atoms with Crippen LogP contribution in [-0.2, 0) is 6.42 Å². The minimum Gasteiger partial charge on any atom is -0.357 e. The van der Waals surface area contributed by atoms with E-state index >= 15 is 0 Å². The highest BCUT2D eigenvalue weighted by Gasteiger charge is 2.13. The average Bonchev–Trinajstić information content (AvgIpc) is 2.34. The van der Waals surface area contributed by atoms with Crippen LogP contribution in [0.5, 0.6) is 0 Å². The van der Waals surface area contributed by atoms with Crippen molar-refractivity contribution in [1.29, 1.82) is 0 Å². The summed E-state index contributed by atoms with van der Waals surface area (Å²) in [6.07, 6.45) is 3.18. The first-order valence-electron chi connectivity index (χ1n) is 6.41. The first-order chi connectivity index (χ1) is 8.13. The van der Waals surface area contributed by atoms with Gasteiger partial charge in [-0.15, -0.1) is 0 Å². The van der Waals surface area contributed by atoms with Crippen LogP contribution in [0.1, 0.15) is 45.0 Å². The van der Waals surface area contributed by atoms with Crippen LogP contribution < -0.4 is 4.90 Å². The van der Waals surface area contributed by atoms with Gasteiger partial charge in [0.05, 0.1) is 0 Å². The third kappa shape index (κ3) is 3.56. The number of hydrogen-bond donors (Lipinski definition) is 0. The smallest absolute Gasteiger partial charge is 0.137 e. The Morgan fingerprint density at radius 2 is 1.88 bits per heavy atom. The lowest BCUT2D eigenvalue weighted by Crippen LogP contribution is -2.26. The number of hydrogen-bond acceptors (Lipinski definition) is 3. The molecule has 0 bridgehead atoms. The summed E-state index contributed by atoms with van der Waals surface area (Å²) >= 11 is 6.16. The molecule has 3 nitrogen and oxygen atoms in total. The van der Waals surface area contributed by atoms with Crippen LogP contribution in [-0.4, -0.2) is 23.1 Å². The van der Waals surface area contributed by atoms with E-state index in [0.29, 0.717) is 5.15 Å². The van der Waals surface area contributed by atoms with Crippen LogP contribution in [0.2, 0.25) is 5.15 Å². The van der Waals surface area contributed by atoms with Crippen LogP contribution in [0.25, 0.3) is 0 Å². The van der Waals surface area contributed by atoms with Gasteiger partial charge in [-0.05, 0) is 20.3 Å². The SMILES string of the molecule is CCCCN(CC)c1nc(CC)nc(Cl)c1C. The van der Waals surface area contributed by atoms with Gasteiger partial charge in [0.2, 0.25) is 0 Å². The van der Waals surface area contributed by atoms with Crippen molar-refractivity contribution in [2.75, 3.05) is 18.0 Å². The molecule has 0 aliphatic heterocycles. The lowest BCUT2D eigenvalue weighted by Gasteiger charge is -2.24. The number of halogens is 1. The number of rotatable bonds is 6. The number of aryl methyl sites for hydroxylation is 1. The highest BCUT2D eigenvalue weighted by Crippen LogP contribution is 2.23. The summed E-state index contributed by atoms with van der Waals surface area (Å²) in [5.41, 5.74) is 0.988. The lowest BCUT2D eigenvalue weighted by molar-refractivity contribution is 0.716. The fourth-order valence-electron chi connectivity index (χ4n) is 1.75. The van der Waals surface area contributed by atoms with Crippen molar-refractivity contribution in [3.8, 4) is 0 Å². The molecule has 0 aromatic carbocycles. The zero-order valence-corrected chi connectivity index (χ0v) is 12.0. The predicted octanol–water partition coefficient (Wildman–Crippen LogP) is 3.63. The van der Waals surface area contributed by atoms with Gasteiger partial charge in [0.1, 0.15) is 16.8 Å². The van der Waals surface area contributed by atoms with Crippen molar-refractivity contribution in [2.24, 2.45) is 0 Å². The molecule has 0 aliphatic rings. The quantitative estimate of drug-likeness (QED) is 0.727. The summed E-state index contributed by atoms with van der Waals surface area (Å²) in [5.74, 6) is 1.82. The van der Waals surface area contributed by atoms with Crippen LogP contribution in [0.3, 0.4) is 0 Å². The molecule has 0 radical (unpaired) electrons. The Kier molecular flexibility index (Phi) is 5.69. The monoisotopic (exact) mass is 255 g/mol. The van der Waals surface area contributed by atoms with E-state index in [9.17, 15) is 0 Å². The van der Waals surface area contributed by atoms with Gasteiger partial charge in [-0.3, -0.25) is 0 Å². The largest absolute Gasteiger partial charge is 0.357 e. The lowest BCUT2D eigenvalue weighted by atomic mass is 10.2. The Balaban J connectivity index is 3.04. The molecule has 0 N–H and O–H groups in total. The van der Waals surface area contributed by atoms with Crippen molar-refractivity contribution in [2.45, 2.75) is 47.0 Å². The highest BCUT2D eigenvalue weighted by molar-refractivity contribution is 6.30. The summed E-state index contributed by atoms with van der Waals surface area (Å²) in [4.78, 5) is 11.2. The Labute approximate surface area is 109 Å². The molecule has 1 rings (SSSR count). The molecule has 96 valence electrons. The van der Waals surface area contributed by atoms with Gasteiger partial charge < -0.3 is 4.90 Å². The maximum atomic E-state index is 6.16. The van der Waals surface area contributed by atoms with Gasteiger partial charge in [-0.2, -0.15) is 0 Å². The molecule has 4 heteroatoms. The molecule has 1 aromatic rings. The second kappa shape index (κ2) is 6.80. The van der Waals surface area contributed by atoms with Crippen molar-refractivity contribution in [3.05, 3.63) is 16.5 Å². The molecule has 0 atom stereocenters. The van der Waals surface area contributed by atoms with Gasteiger partial charge in [0.15, 0.2) is 0 Å². The molecule has 0 fully saturated rings. The maximum absolute atomic E-state index is 6.16. The van der Waals surface area contributed by atoms with E-state index in [1.807, 2.05) is 13.8 Å². The van der Waals surface area contributed by atoms with E-state index < -0.39 is 0 Å².